The highest BCUT2D eigenvalue weighted by atomic mass is 28.3. The molecule has 0 radical (unpaired) electrons. The predicted molar refractivity (Wildman–Crippen MR) is 109 cm³/mol. The third-order valence-corrected chi connectivity index (χ3v) is 5.65. The Balaban J connectivity index is 4.24. The fraction of sp³-hybridized carbons (Fsp3) is 0.842. The number of hydrogen-bond acceptors (Lipinski definition) is 5. The van der Waals surface area contributed by atoms with Crippen LogP contribution in [0.15, 0.2) is 0 Å². The van der Waals surface area contributed by atoms with Crippen LogP contribution < -0.4 is 10.6 Å². The maximum Gasteiger partial charge on any atom is 0.305 e. The Labute approximate surface area is 164 Å². The molecule has 0 aliphatic rings. The summed E-state index contributed by atoms with van der Waals surface area (Å²) >= 11 is 0. The highest BCUT2D eigenvalue weighted by molar-refractivity contribution is 6.76. The Morgan fingerprint density at radius 3 is 2.15 bits per heavy atom. The zero-order valence-electron chi connectivity index (χ0n) is 18.0. The minimum absolute atomic E-state index is 0.0921. The van der Waals surface area contributed by atoms with Crippen molar-refractivity contribution >= 4 is 25.9 Å². The quantitative estimate of drug-likeness (QED) is 0.264. The van der Waals surface area contributed by atoms with Crippen molar-refractivity contribution in [1.82, 2.24) is 10.6 Å². The summed E-state index contributed by atoms with van der Waals surface area (Å²) in [7, 11) is -1.20. The van der Waals surface area contributed by atoms with Crippen LogP contribution in [0.3, 0.4) is 0 Å². The number of carbonyl (C=O) groups excluding carboxylic acids is 3. The van der Waals surface area contributed by atoms with E-state index in [2.05, 4.69) is 30.3 Å². The van der Waals surface area contributed by atoms with Gasteiger partial charge in [-0.05, 0) is 39.7 Å². The summed E-state index contributed by atoms with van der Waals surface area (Å²) in [6, 6.07) is 0.956. The van der Waals surface area contributed by atoms with Gasteiger partial charge in [-0.3, -0.25) is 14.4 Å². The van der Waals surface area contributed by atoms with Crippen LogP contribution >= 0.6 is 0 Å². The average Bonchev–Trinajstić information content (AvgIpc) is 2.42. The lowest BCUT2D eigenvalue weighted by Gasteiger charge is -2.34. The van der Waals surface area contributed by atoms with E-state index in [1.807, 2.05) is 0 Å². The summed E-state index contributed by atoms with van der Waals surface area (Å²) < 4.78 is 5.23. The first-order valence-electron chi connectivity index (χ1n) is 9.60. The molecule has 158 valence electrons. The topological polar surface area (TPSA) is 105 Å². The van der Waals surface area contributed by atoms with Crippen LogP contribution in [-0.2, 0) is 19.1 Å². The van der Waals surface area contributed by atoms with Gasteiger partial charge in [0.15, 0.2) is 0 Å². The van der Waals surface area contributed by atoms with Crippen LogP contribution in [0.2, 0.25) is 25.7 Å². The molecule has 0 aromatic heterocycles. The summed E-state index contributed by atoms with van der Waals surface area (Å²) in [4.78, 5) is 35.6. The Bertz CT molecular complexity index is 511. The van der Waals surface area contributed by atoms with Crippen molar-refractivity contribution in [2.24, 2.45) is 0 Å². The first-order valence-corrected chi connectivity index (χ1v) is 13.3. The highest BCUT2D eigenvalue weighted by Crippen LogP contribution is 2.20. The van der Waals surface area contributed by atoms with E-state index >= 15 is 0 Å². The van der Waals surface area contributed by atoms with Gasteiger partial charge in [0.1, 0.15) is 5.54 Å². The third-order valence-electron chi connectivity index (χ3n) is 3.95. The van der Waals surface area contributed by atoms with Gasteiger partial charge in [-0.25, -0.2) is 0 Å². The zero-order valence-corrected chi connectivity index (χ0v) is 19.0. The van der Waals surface area contributed by atoms with Crippen LogP contribution in [0.1, 0.15) is 53.4 Å². The van der Waals surface area contributed by atoms with Gasteiger partial charge >= 0.3 is 5.97 Å². The van der Waals surface area contributed by atoms with E-state index in [4.69, 9.17) is 4.74 Å². The van der Waals surface area contributed by atoms with Crippen molar-refractivity contribution in [3.8, 4) is 0 Å². The second-order valence-electron chi connectivity index (χ2n) is 9.25. The summed E-state index contributed by atoms with van der Waals surface area (Å²) in [5, 5.41) is 15.4. The van der Waals surface area contributed by atoms with Gasteiger partial charge in [0.25, 0.3) is 0 Å². The molecule has 0 aromatic carbocycles. The van der Waals surface area contributed by atoms with Crippen molar-refractivity contribution in [3.63, 3.8) is 0 Å². The molecule has 27 heavy (non-hydrogen) atoms. The lowest BCUT2D eigenvalue weighted by Crippen LogP contribution is -2.59. The van der Waals surface area contributed by atoms with Crippen molar-refractivity contribution in [3.05, 3.63) is 0 Å². The molecule has 0 aromatic rings. The number of hydrogen-bond donors (Lipinski definition) is 3. The van der Waals surface area contributed by atoms with Crippen molar-refractivity contribution in [1.29, 1.82) is 0 Å². The molecule has 0 saturated heterocycles. The first-order chi connectivity index (χ1) is 12.1. The molecule has 0 heterocycles. The number of carbonyl (C=O) groups is 3. The van der Waals surface area contributed by atoms with E-state index in [0.29, 0.717) is 32.4 Å². The maximum absolute atomic E-state index is 12.5. The van der Waals surface area contributed by atoms with E-state index in [1.54, 1.807) is 20.8 Å². The lowest BCUT2D eigenvalue weighted by molar-refractivity contribution is -0.143. The van der Waals surface area contributed by atoms with E-state index in [0.717, 1.165) is 6.04 Å². The molecule has 1 atom stereocenters. The van der Waals surface area contributed by atoms with Crippen LogP contribution in [0.4, 0.5) is 0 Å². The molecule has 0 rings (SSSR count). The molecule has 0 spiro atoms. The molecule has 0 aliphatic heterocycles. The van der Waals surface area contributed by atoms with Gasteiger partial charge < -0.3 is 20.5 Å². The number of aliphatic hydroxyl groups is 1. The number of unbranched alkanes of at least 4 members (excludes halogenated alkanes) is 1. The Morgan fingerprint density at radius 1 is 1.07 bits per heavy atom. The van der Waals surface area contributed by atoms with Crippen LogP contribution in [-0.4, -0.2) is 55.3 Å². The summed E-state index contributed by atoms with van der Waals surface area (Å²) in [6.45, 7) is 13.7. The lowest BCUT2D eigenvalue weighted by atomic mass is 9.87. The summed E-state index contributed by atoms with van der Waals surface area (Å²) in [5.41, 5.74) is -2.30. The van der Waals surface area contributed by atoms with Crippen LogP contribution in [0.5, 0.6) is 0 Å². The third kappa shape index (κ3) is 13.4. The van der Waals surface area contributed by atoms with Gasteiger partial charge in [0.05, 0.1) is 12.2 Å². The zero-order chi connectivity index (χ0) is 21.3. The largest absolute Gasteiger partial charge is 0.466 e. The minimum Gasteiger partial charge on any atom is -0.466 e. The van der Waals surface area contributed by atoms with Gasteiger partial charge in [-0.1, -0.05) is 19.6 Å². The number of ether oxygens (including phenoxy) is 1. The predicted octanol–water partition coefficient (Wildman–Crippen LogP) is 2.21. The molecule has 0 saturated carbocycles. The number of amides is 2. The van der Waals surface area contributed by atoms with E-state index < -0.39 is 19.2 Å². The van der Waals surface area contributed by atoms with E-state index in [9.17, 15) is 19.5 Å². The van der Waals surface area contributed by atoms with Crippen LogP contribution in [0.25, 0.3) is 0 Å². The first kappa shape index (κ1) is 25.6. The summed E-state index contributed by atoms with van der Waals surface area (Å²) in [6.07, 6.45) is 1.67. The molecule has 0 aliphatic carbocycles. The molecule has 0 fully saturated rings. The molecular weight excluding hydrogens is 364 g/mol. The monoisotopic (exact) mass is 402 g/mol. The minimum atomic E-state index is -1.20. The van der Waals surface area contributed by atoms with Crippen LogP contribution in [0, 0.1) is 0 Å². The van der Waals surface area contributed by atoms with Crippen molar-refractivity contribution in [2.45, 2.75) is 90.2 Å². The van der Waals surface area contributed by atoms with Gasteiger partial charge in [0.2, 0.25) is 11.8 Å². The van der Waals surface area contributed by atoms with Gasteiger partial charge in [0, 0.05) is 34.4 Å². The van der Waals surface area contributed by atoms with E-state index in [1.165, 1.54) is 6.92 Å². The second-order valence-corrected chi connectivity index (χ2v) is 14.9. The number of nitrogens with one attached hydrogen (secondary N) is 2. The number of rotatable bonds is 12. The molecule has 2 amide bonds. The average molecular weight is 403 g/mol. The maximum atomic E-state index is 12.5. The Hall–Kier alpha value is -1.41. The Kier molecular flexibility index (Phi) is 10.2. The van der Waals surface area contributed by atoms with E-state index in [-0.39, 0.29) is 24.2 Å². The highest BCUT2D eigenvalue weighted by Gasteiger charge is 2.38. The van der Waals surface area contributed by atoms with Gasteiger partial charge in [-0.15, -0.1) is 0 Å². The molecule has 7 nitrogen and oxygen atoms in total. The second kappa shape index (κ2) is 10.8. The molecule has 1 unspecified atom stereocenters. The standard InChI is InChI=1S/C19H38N2O5Si/c1-15(22)21-19(4,14-18(2,3)25)17(24)20-11-9-8-10-16(23)26-12-13-27(5,6)7/h25H,8-14H2,1-7H3,(H,20,24)(H,21,22). The summed E-state index contributed by atoms with van der Waals surface area (Å²) in [5.74, 6) is -0.889. The fourth-order valence-corrected chi connectivity index (χ4v) is 3.48. The molecular formula is C19H38N2O5Si. The number of esters is 1. The molecule has 0 bridgehead atoms. The van der Waals surface area contributed by atoms with Gasteiger partial charge in [-0.2, -0.15) is 0 Å². The molecule has 3 N–H and O–H groups in total. The molecule has 8 heteroatoms. The Morgan fingerprint density at radius 2 is 1.67 bits per heavy atom. The van der Waals surface area contributed by atoms with Crippen molar-refractivity contribution in [2.75, 3.05) is 13.2 Å². The SMILES string of the molecule is CC(=O)NC(C)(CC(C)(C)O)C(=O)NCCCCC(=O)OCC[Si](C)(C)C. The normalized spacial score (nSPS) is 14.2. The smallest absolute Gasteiger partial charge is 0.305 e. The van der Waals surface area contributed by atoms with Crippen molar-refractivity contribution < 1.29 is 24.2 Å². The fourth-order valence-electron chi connectivity index (χ4n) is 2.77.